The first-order valence-corrected chi connectivity index (χ1v) is 8.73. The van der Waals surface area contributed by atoms with Crippen molar-refractivity contribution in [2.45, 2.75) is 56.9 Å². The Morgan fingerprint density at radius 3 is 2.43 bits per heavy atom. The normalized spacial score (nSPS) is 27.1. The predicted octanol–water partition coefficient (Wildman–Crippen LogP) is 3.72. The molecule has 1 saturated heterocycles. The van der Waals surface area contributed by atoms with Gasteiger partial charge in [0.15, 0.2) is 0 Å². The van der Waals surface area contributed by atoms with E-state index in [2.05, 4.69) is 37.3 Å². The number of likely N-dealkylation sites (tertiary alicyclic amines) is 1. The molecule has 128 valence electrons. The van der Waals surface area contributed by atoms with Crippen molar-refractivity contribution in [3.05, 3.63) is 35.9 Å². The van der Waals surface area contributed by atoms with E-state index in [-0.39, 0.29) is 18.3 Å². The number of carbonyl (C=O) groups is 1. The number of rotatable bonds is 2. The largest absolute Gasteiger partial charge is 0.341 e. The second kappa shape index (κ2) is 7.67. The number of halogens is 1. The van der Waals surface area contributed by atoms with E-state index in [1.165, 1.54) is 12.0 Å². The van der Waals surface area contributed by atoms with Crippen molar-refractivity contribution < 1.29 is 4.79 Å². The fraction of sp³-hybridized carbons (Fsp3) is 0.632. The van der Waals surface area contributed by atoms with E-state index in [4.69, 9.17) is 5.73 Å². The van der Waals surface area contributed by atoms with Gasteiger partial charge in [-0.1, -0.05) is 56.5 Å². The minimum Gasteiger partial charge on any atom is -0.341 e. The van der Waals surface area contributed by atoms with Crippen LogP contribution in [0.1, 0.15) is 56.9 Å². The van der Waals surface area contributed by atoms with Crippen LogP contribution in [-0.4, -0.2) is 29.4 Å². The van der Waals surface area contributed by atoms with Gasteiger partial charge in [-0.2, -0.15) is 0 Å². The lowest BCUT2D eigenvalue weighted by Gasteiger charge is -2.42. The van der Waals surface area contributed by atoms with Gasteiger partial charge in [0.05, 0.1) is 5.54 Å². The van der Waals surface area contributed by atoms with Gasteiger partial charge < -0.3 is 10.6 Å². The zero-order chi connectivity index (χ0) is 15.6. The molecule has 2 atom stereocenters. The third-order valence-corrected chi connectivity index (χ3v) is 5.59. The van der Waals surface area contributed by atoms with Gasteiger partial charge in [0, 0.05) is 13.1 Å². The second-order valence-electron chi connectivity index (χ2n) is 7.25. The highest BCUT2D eigenvalue weighted by molar-refractivity contribution is 5.86. The molecule has 2 fully saturated rings. The lowest BCUT2D eigenvalue weighted by molar-refractivity contribution is -0.140. The van der Waals surface area contributed by atoms with Crippen LogP contribution in [-0.2, 0) is 4.79 Å². The first-order valence-electron chi connectivity index (χ1n) is 8.73. The van der Waals surface area contributed by atoms with E-state index in [0.717, 1.165) is 45.2 Å². The topological polar surface area (TPSA) is 46.3 Å². The van der Waals surface area contributed by atoms with Crippen molar-refractivity contribution in [1.29, 1.82) is 0 Å². The Hall–Kier alpha value is -1.06. The maximum atomic E-state index is 12.9. The third kappa shape index (κ3) is 3.89. The van der Waals surface area contributed by atoms with Gasteiger partial charge >= 0.3 is 0 Å². The van der Waals surface area contributed by atoms with Crippen molar-refractivity contribution >= 4 is 18.3 Å². The quantitative estimate of drug-likeness (QED) is 0.894. The number of carbonyl (C=O) groups excluding carboxylic acids is 1. The second-order valence-corrected chi connectivity index (χ2v) is 7.25. The van der Waals surface area contributed by atoms with Crippen molar-refractivity contribution in [2.75, 3.05) is 13.1 Å². The van der Waals surface area contributed by atoms with Crippen LogP contribution in [0.5, 0.6) is 0 Å². The van der Waals surface area contributed by atoms with E-state index in [9.17, 15) is 4.79 Å². The average molecular weight is 337 g/mol. The molecule has 1 aliphatic heterocycles. The van der Waals surface area contributed by atoms with Gasteiger partial charge in [-0.25, -0.2) is 0 Å². The summed E-state index contributed by atoms with van der Waals surface area (Å²) in [7, 11) is 0. The molecule has 23 heavy (non-hydrogen) atoms. The van der Waals surface area contributed by atoms with Crippen molar-refractivity contribution in [1.82, 2.24) is 4.90 Å². The fourth-order valence-corrected chi connectivity index (χ4v) is 4.24. The van der Waals surface area contributed by atoms with Crippen molar-refractivity contribution in [3.8, 4) is 0 Å². The van der Waals surface area contributed by atoms with Crippen LogP contribution in [0.15, 0.2) is 30.3 Å². The van der Waals surface area contributed by atoms with Crippen LogP contribution in [0, 0.1) is 5.92 Å². The molecule has 2 N–H and O–H groups in total. The molecule has 3 rings (SSSR count). The van der Waals surface area contributed by atoms with Gasteiger partial charge in [0.25, 0.3) is 0 Å². The lowest BCUT2D eigenvalue weighted by Crippen LogP contribution is -2.58. The molecule has 1 aromatic carbocycles. The van der Waals surface area contributed by atoms with Gasteiger partial charge in [0.1, 0.15) is 0 Å². The van der Waals surface area contributed by atoms with Gasteiger partial charge in [-0.15, -0.1) is 12.4 Å². The van der Waals surface area contributed by atoms with E-state index < -0.39 is 5.54 Å². The summed E-state index contributed by atoms with van der Waals surface area (Å²) >= 11 is 0. The maximum absolute atomic E-state index is 12.9. The maximum Gasteiger partial charge on any atom is 0.242 e. The highest BCUT2D eigenvalue weighted by Crippen LogP contribution is 2.35. The Morgan fingerprint density at radius 1 is 1.17 bits per heavy atom. The monoisotopic (exact) mass is 336 g/mol. The SMILES string of the molecule is CC1CN(C(=O)C2(N)CCCCC2)CCC1c1ccccc1.Cl. The number of nitrogens with two attached hydrogens (primary N) is 1. The molecule has 0 aromatic heterocycles. The van der Waals surface area contributed by atoms with Crippen molar-refractivity contribution in [3.63, 3.8) is 0 Å². The molecule has 2 aliphatic rings. The Labute approximate surface area is 146 Å². The number of amides is 1. The molecular formula is C19H29ClN2O. The van der Waals surface area contributed by atoms with Crippen LogP contribution in [0.25, 0.3) is 0 Å². The lowest BCUT2D eigenvalue weighted by atomic mass is 9.78. The zero-order valence-electron chi connectivity index (χ0n) is 14.0. The molecule has 0 bridgehead atoms. The molecule has 1 saturated carbocycles. The average Bonchev–Trinajstić information content (AvgIpc) is 2.55. The first kappa shape index (κ1) is 18.3. The summed E-state index contributed by atoms with van der Waals surface area (Å²) in [6.07, 6.45) is 6.18. The smallest absolute Gasteiger partial charge is 0.242 e. The number of nitrogens with zero attached hydrogens (tertiary/aromatic N) is 1. The van der Waals surface area contributed by atoms with Gasteiger partial charge in [0.2, 0.25) is 5.91 Å². The van der Waals surface area contributed by atoms with E-state index >= 15 is 0 Å². The highest BCUT2D eigenvalue weighted by Gasteiger charge is 2.40. The summed E-state index contributed by atoms with van der Waals surface area (Å²) in [4.78, 5) is 14.9. The highest BCUT2D eigenvalue weighted by atomic mass is 35.5. The van der Waals surface area contributed by atoms with Gasteiger partial charge in [-0.05, 0) is 36.7 Å². The molecule has 0 spiro atoms. The summed E-state index contributed by atoms with van der Waals surface area (Å²) in [5.41, 5.74) is 7.25. The van der Waals surface area contributed by atoms with Crippen molar-refractivity contribution in [2.24, 2.45) is 11.7 Å². The summed E-state index contributed by atoms with van der Waals surface area (Å²) in [6, 6.07) is 10.7. The van der Waals surface area contributed by atoms with E-state index in [1.54, 1.807) is 0 Å². The third-order valence-electron chi connectivity index (χ3n) is 5.59. The minimum absolute atomic E-state index is 0. The zero-order valence-corrected chi connectivity index (χ0v) is 14.9. The summed E-state index contributed by atoms with van der Waals surface area (Å²) in [5.74, 6) is 1.25. The summed E-state index contributed by atoms with van der Waals surface area (Å²) in [6.45, 7) is 3.96. The van der Waals surface area contributed by atoms with E-state index in [1.807, 2.05) is 4.90 Å². The Bertz CT molecular complexity index is 513. The van der Waals surface area contributed by atoms with Crippen LogP contribution in [0.3, 0.4) is 0 Å². The fourth-order valence-electron chi connectivity index (χ4n) is 4.24. The van der Waals surface area contributed by atoms with Crippen LogP contribution in [0.2, 0.25) is 0 Å². The predicted molar refractivity (Wildman–Crippen MR) is 96.8 cm³/mol. The Kier molecular flexibility index (Phi) is 6.10. The van der Waals surface area contributed by atoms with Crippen LogP contribution < -0.4 is 5.73 Å². The molecule has 1 aliphatic carbocycles. The molecule has 1 heterocycles. The molecule has 4 heteroatoms. The standard InChI is InChI=1S/C19H28N2O.ClH/c1-15-14-21(18(22)19(20)11-6-3-7-12-19)13-10-17(15)16-8-4-2-5-9-16;/h2,4-5,8-9,15,17H,3,6-7,10-14,20H2,1H3;1H. The van der Waals surface area contributed by atoms with Crippen LogP contribution in [0.4, 0.5) is 0 Å². The Balaban J connectivity index is 0.00000192. The molecular weight excluding hydrogens is 308 g/mol. The minimum atomic E-state index is -0.586. The number of hydrogen-bond acceptors (Lipinski definition) is 2. The number of hydrogen-bond donors (Lipinski definition) is 1. The molecule has 1 amide bonds. The molecule has 2 unspecified atom stereocenters. The summed E-state index contributed by atoms with van der Waals surface area (Å²) in [5, 5.41) is 0. The Morgan fingerprint density at radius 2 is 1.83 bits per heavy atom. The van der Waals surface area contributed by atoms with Gasteiger partial charge in [-0.3, -0.25) is 4.79 Å². The molecule has 3 nitrogen and oxygen atoms in total. The first-order chi connectivity index (χ1) is 10.6. The number of benzene rings is 1. The number of piperidine rings is 1. The molecule has 1 aromatic rings. The van der Waals surface area contributed by atoms with E-state index in [0.29, 0.717) is 11.8 Å². The molecule has 0 radical (unpaired) electrons. The summed E-state index contributed by atoms with van der Waals surface area (Å²) < 4.78 is 0. The van der Waals surface area contributed by atoms with Crippen LogP contribution >= 0.6 is 12.4 Å².